The largest absolute Gasteiger partial charge is 0.477 e. The summed E-state index contributed by atoms with van der Waals surface area (Å²) in [5.41, 5.74) is 1.09. The van der Waals surface area contributed by atoms with Crippen molar-refractivity contribution < 1.29 is 9.90 Å². The summed E-state index contributed by atoms with van der Waals surface area (Å²) in [7, 11) is 4.12. The van der Waals surface area contributed by atoms with Gasteiger partial charge < -0.3 is 15.3 Å². The summed E-state index contributed by atoms with van der Waals surface area (Å²) in [6.07, 6.45) is 1.10. The Kier molecular flexibility index (Phi) is 5.61. The Hall–Kier alpha value is -0.910. The first kappa shape index (κ1) is 14.2. The summed E-state index contributed by atoms with van der Waals surface area (Å²) >= 11 is 1.34. The maximum Gasteiger partial charge on any atom is 0.345 e. The van der Waals surface area contributed by atoms with Gasteiger partial charge in [-0.2, -0.15) is 0 Å². The molecule has 0 spiro atoms. The molecule has 1 aromatic rings. The third kappa shape index (κ3) is 4.85. The topological polar surface area (TPSA) is 52.6 Å². The van der Waals surface area contributed by atoms with Crippen molar-refractivity contribution in [2.75, 3.05) is 27.2 Å². The second-order valence-corrected chi connectivity index (χ2v) is 5.59. The number of hydrogen-bond acceptors (Lipinski definition) is 4. The molecule has 1 heterocycles. The number of carboxylic acids is 1. The lowest BCUT2D eigenvalue weighted by Gasteiger charge is -2.09. The summed E-state index contributed by atoms with van der Waals surface area (Å²) in [5, 5.41) is 12.2. The lowest BCUT2D eigenvalue weighted by molar-refractivity contribution is 0.0702. The third-order valence-electron chi connectivity index (χ3n) is 2.51. The SMILES string of the molecule is Cc1sc(C(=O)O)cc1CNCCCN(C)C. The highest BCUT2D eigenvalue weighted by molar-refractivity contribution is 7.14. The number of aromatic carboxylic acids is 1. The monoisotopic (exact) mass is 256 g/mol. The molecule has 4 nitrogen and oxygen atoms in total. The van der Waals surface area contributed by atoms with Crippen LogP contribution in [0.5, 0.6) is 0 Å². The number of aryl methyl sites for hydroxylation is 1. The number of nitrogens with one attached hydrogen (secondary N) is 1. The molecule has 0 atom stereocenters. The zero-order valence-electron chi connectivity index (χ0n) is 10.6. The van der Waals surface area contributed by atoms with Crippen LogP contribution in [0.1, 0.15) is 26.5 Å². The maximum absolute atomic E-state index is 10.8. The van der Waals surface area contributed by atoms with Gasteiger partial charge in [-0.3, -0.25) is 0 Å². The molecule has 0 fully saturated rings. The van der Waals surface area contributed by atoms with E-state index < -0.39 is 5.97 Å². The Balaban J connectivity index is 2.34. The molecule has 5 heteroatoms. The smallest absolute Gasteiger partial charge is 0.345 e. The Labute approximate surface area is 106 Å². The molecule has 0 bridgehead atoms. The number of nitrogens with zero attached hydrogens (tertiary/aromatic N) is 1. The van der Waals surface area contributed by atoms with Gasteiger partial charge >= 0.3 is 5.97 Å². The van der Waals surface area contributed by atoms with E-state index in [2.05, 4.69) is 24.3 Å². The molecule has 0 unspecified atom stereocenters. The quantitative estimate of drug-likeness (QED) is 0.730. The zero-order chi connectivity index (χ0) is 12.8. The molecule has 0 aliphatic heterocycles. The van der Waals surface area contributed by atoms with E-state index in [-0.39, 0.29) is 0 Å². The van der Waals surface area contributed by atoms with Gasteiger partial charge in [-0.25, -0.2) is 4.79 Å². The van der Waals surface area contributed by atoms with Crippen molar-refractivity contribution in [1.29, 1.82) is 0 Å². The first-order valence-corrected chi connectivity index (χ1v) is 6.50. The van der Waals surface area contributed by atoms with Crippen LogP contribution in [0, 0.1) is 6.92 Å². The Bertz CT molecular complexity index is 375. The maximum atomic E-state index is 10.8. The molecule has 96 valence electrons. The van der Waals surface area contributed by atoms with Crippen LogP contribution in [-0.2, 0) is 6.54 Å². The Morgan fingerprint density at radius 2 is 2.24 bits per heavy atom. The van der Waals surface area contributed by atoms with E-state index in [1.165, 1.54) is 11.3 Å². The van der Waals surface area contributed by atoms with E-state index in [9.17, 15) is 4.79 Å². The lowest BCUT2D eigenvalue weighted by Crippen LogP contribution is -2.21. The molecule has 1 rings (SSSR count). The van der Waals surface area contributed by atoms with Crippen molar-refractivity contribution in [3.63, 3.8) is 0 Å². The van der Waals surface area contributed by atoms with Crippen molar-refractivity contribution in [3.05, 3.63) is 21.4 Å². The van der Waals surface area contributed by atoms with Crippen LogP contribution >= 0.6 is 11.3 Å². The minimum atomic E-state index is -0.836. The van der Waals surface area contributed by atoms with Crippen LogP contribution in [0.15, 0.2) is 6.07 Å². The van der Waals surface area contributed by atoms with Gasteiger partial charge in [0.25, 0.3) is 0 Å². The average Bonchev–Trinajstić information content (AvgIpc) is 2.59. The Morgan fingerprint density at radius 1 is 1.53 bits per heavy atom. The minimum absolute atomic E-state index is 0.424. The normalized spacial score (nSPS) is 11.1. The van der Waals surface area contributed by atoms with Gasteiger partial charge in [-0.1, -0.05) is 0 Å². The molecule has 0 amide bonds. The predicted molar refractivity (Wildman–Crippen MR) is 70.9 cm³/mol. The van der Waals surface area contributed by atoms with Crippen molar-refractivity contribution in [2.45, 2.75) is 19.9 Å². The van der Waals surface area contributed by atoms with E-state index in [0.29, 0.717) is 4.88 Å². The van der Waals surface area contributed by atoms with Gasteiger partial charge in [0.15, 0.2) is 0 Å². The summed E-state index contributed by atoms with van der Waals surface area (Å²) in [6.45, 7) is 4.74. The fraction of sp³-hybridized carbons (Fsp3) is 0.583. The van der Waals surface area contributed by atoms with Gasteiger partial charge in [0, 0.05) is 11.4 Å². The summed E-state index contributed by atoms with van der Waals surface area (Å²) in [5.74, 6) is -0.836. The van der Waals surface area contributed by atoms with Crippen LogP contribution in [0.4, 0.5) is 0 Å². The van der Waals surface area contributed by atoms with Gasteiger partial charge in [0.1, 0.15) is 4.88 Å². The molecule has 0 aliphatic carbocycles. The molecule has 0 saturated carbocycles. The first-order chi connectivity index (χ1) is 8.00. The standard InChI is InChI=1S/C12H20N2O2S/c1-9-10(7-11(17-9)12(15)16)8-13-5-4-6-14(2)3/h7,13H,4-6,8H2,1-3H3,(H,15,16). The molecule has 0 aromatic carbocycles. The van der Waals surface area contributed by atoms with Crippen molar-refractivity contribution in [2.24, 2.45) is 0 Å². The summed E-state index contributed by atoms with van der Waals surface area (Å²) in [6, 6.07) is 1.77. The highest BCUT2D eigenvalue weighted by Crippen LogP contribution is 2.21. The van der Waals surface area contributed by atoms with E-state index in [0.717, 1.165) is 36.5 Å². The molecule has 2 N–H and O–H groups in total. The number of carboxylic acid groups (broad SMARTS) is 1. The lowest BCUT2D eigenvalue weighted by atomic mass is 10.2. The van der Waals surface area contributed by atoms with E-state index in [1.54, 1.807) is 6.07 Å². The molecule has 17 heavy (non-hydrogen) atoms. The molecular weight excluding hydrogens is 236 g/mol. The number of rotatable bonds is 7. The number of thiophene rings is 1. The van der Waals surface area contributed by atoms with Crippen LogP contribution in [0.25, 0.3) is 0 Å². The van der Waals surface area contributed by atoms with Crippen LogP contribution < -0.4 is 5.32 Å². The molecule has 0 aliphatic rings. The third-order valence-corrected chi connectivity index (χ3v) is 3.59. The van der Waals surface area contributed by atoms with Crippen molar-refractivity contribution in [1.82, 2.24) is 10.2 Å². The molecule has 0 saturated heterocycles. The van der Waals surface area contributed by atoms with Gasteiger partial charge in [0.05, 0.1) is 0 Å². The number of carbonyl (C=O) groups is 1. The van der Waals surface area contributed by atoms with E-state index in [4.69, 9.17) is 5.11 Å². The molecule has 0 radical (unpaired) electrons. The van der Waals surface area contributed by atoms with Crippen molar-refractivity contribution in [3.8, 4) is 0 Å². The molecular formula is C12H20N2O2S. The van der Waals surface area contributed by atoms with Crippen LogP contribution in [0.3, 0.4) is 0 Å². The average molecular weight is 256 g/mol. The second-order valence-electron chi connectivity index (χ2n) is 4.33. The van der Waals surface area contributed by atoms with Gasteiger partial charge in [0.2, 0.25) is 0 Å². The number of hydrogen-bond donors (Lipinski definition) is 2. The van der Waals surface area contributed by atoms with E-state index >= 15 is 0 Å². The zero-order valence-corrected chi connectivity index (χ0v) is 11.4. The fourth-order valence-corrected chi connectivity index (χ4v) is 2.42. The highest BCUT2D eigenvalue weighted by Gasteiger charge is 2.10. The van der Waals surface area contributed by atoms with Crippen LogP contribution in [-0.4, -0.2) is 43.2 Å². The summed E-state index contributed by atoms with van der Waals surface area (Å²) in [4.78, 5) is 14.5. The Morgan fingerprint density at radius 3 is 2.76 bits per heavy atom. The van der Waals surface area contributed by atoms with Gasteiger partial charge in [-0.15, -0.1) is 11.3 Å². The second kappa shape index (κ2) is 6.74. The van der Waals surface area contributed by atoms with E-state index in [1.807, 2.05) is 6.92 Å². The molecule has 1 aromatic heterocycles. The first-order valence-electron chi connectivity index (χ1n) is 5.68. The van der Waals surface area contributed by atoms with Gasteiger partial charge in [-0.05, 0) is 52.2 Å². The van der Waals surface area contributed by atoms with Crippen molar-refractivity contribution >= 4 is 17.3 Å². The minimum Gasteiger partial charge on any atom is -0.477 e. The predicted octanol–water partition coefficient (Wildman–Crippen LogP) is 1.80. The fourth-order valence-electron chi connectivity index (χ4n) is 1.54. The highest BCUT2D eigenvalue weighted by atomic mass is 32.1. The summed E-state index contributed by atoms with van der Waals surface area (Å²) < 4.78 is 0. The van der Waals surface area contributed by atoms with Crippen LogP contribution in [0.2, 0.25) is 0 Å².